The number of fused-ring (bicyclic) bond motifs is 5. The van der Waals surface area contributed by atoms with Gasteiger partial charge in [-0.2, -0.15) is 0 Å². The average Bonchev–Trinajstić information content (AvgIpc) is 3.34. The van der Waals surface area contributed by atoms with Crippen molar-refractivity contribution in [3.05, 3.63) is 41.5 Å². The molecule has 0 aliphatic carbocycles. The smallest absolute Gasteiger partial charge is 0.241 e. The summed E-state index contributed by atoms with van der Waals surface area (Å²) in [6.07, 6.45) is 2.68. The number of carbonyl (C=O) groups excluding carboxylic acids is 2. The number of nitrogens with zero attached hydrogens (tertiary/aromatic N) is 1. The molecule has 130 valence electrons. The fourth-order valence-corrected chi connectivity index (χ4v) is 4.45. The molecule has 0 radical (unpaired) electrons. The molecule has 3 fully saturated rings. The molecule has 6 heteroatoms. The molecule has 0 unspecified atom stereocenters. The number of carbonyl (C=O) groups is 2. The van der Waals surface area contributed by atoms with Crippen molar-refractivity contribution in [1.82, 2.24) is 0 Å². The maximum Gasteiger partial charge on any atom is 0.241 e. The van der Waals surface area contributed by atoms with Gasteiger partial charge in [-0.3, -0.25) is 9.59 Å². The molecule has 25 heavy (non-hydrogen) atoms. The predicted molar refractivity (Wildman–Crippen MR) is 87.8 cm³/mol. The second-order valence-corrected chi connectivity index (χ2v) is 7.15. The van der Waals surface area contributed by atoms with Crippen LogP contribution >= 0.6 is 0 Å². The van der Waals surface area contributed by atoms with Crippen LogP contribution in [-0.4, -0.2) is 43.0 Å². The molecule has 4 atom stereocenters. The van der Waals surface area contributed by atoms with Gasteiger partial charge in [-0.1, -0.05) is 12.1 Å². The largest absolute Gasteiger partial charge is 0.357 e. The number of amides is 2. The molecule has 0 N–H and O–H groups in total. The number of hydrogen-bond acceptors (Lipinski definition) is 5. The molecule has 0 saturated carbocycles. The summed E-state index contributed by atoms with van der Waals surface area (Å²) in [5.41, 5.74) is 1.80. The van der Waals surface area contributed by atoms with Gasteiger partial charge in [0, 0.05) is 0 Å². The van der Waals surface area contributed by atoms with Gasteiger partial charge < -0.3 is 14.2 Å². The molecule has 2 bridgehead atoms. The number of hydrogen-bond donors (Lipinski definition) is 0. The molecular weight excluding hydrogens is 322 g/mol. The van der Waals surface area contributed by atoms with Crippen LogP contribution in [0.2, 0.25) is 0 Å². The van der Waals surface area contributed by atoms with Gasteiger partial charge >= 0.3 is 0 Å². The van der Waals surface area contributed by atoms with Crippen molar-refractivity contribution in [2.45, 2.75) is 31.8 Å². The monoisotopic (exact) mass is 341 g/mol. The number of benzene rings is 1. The van der Waals surface area contributed by atoms with Crippen LogP contribution in [0, 0.1) is 25.7 Å². The Balaban J connectivity index is 1.56. The second kappa shape index (κ2) is 5.00. The second-order valence-electron chi connectivity index (χ2n) is 7.15. The van der Waals surface area contributed by atoms with Crippen molar-refractivity contribution < 1.29 is 23.8 Å². The lowest BCUT2D eigenvalue weighted by molar-refractivity contribution is -0.180. The van der Waals surface area contributed by atoms with E-state index in [1.165, 1.54) is 4.90 Å². The minimum Gasteiger partial charge on any atom is -0.357 e. The number of ether oxygens (including phenoxy) is 3. The summed E-state index contributed by atoms with van der Waals surface area (Å²) in [4.78, 5) is 27.6. The van der Waals surface area contributed by atoms with Gasteiger partial charge in [-0.25, -0.2) is 4.90 Å². The van der Waals surface area contributed by atoms with Crippen molar-refractivity contribution in [1.29, 1.82) is 0 Å². The molecule has 1 aromatic rings. The Labute approximate surface area is 145 Å². The topological polar surface area (TPSA) is 65.1 Å². The van der Waals surface area contributed by atoms with Crippen molar-refractivity contribution in [3.63, 3.8) is 0 Å². The number of anilines is 1. The zero-order valence-electron chi connectivity index (χ0n) is 14.1. The maximum absolute atomic E-state index is 13.2. The molecule has 0 aromatic heterocycles. The van der Waals surface area contributed by atoms with E-state index in [1.807, 2.05) is 44.2 Å². The van der Waals surface area contributed by atoms with Gasteiger partial charge in [-0.15, -0.1) is 0 Å². The predicted octanol–water partition coefficient (Wildman–Crippen LogP) is 1.49. The van der Waals surface area contributed by atoms with E-state index in [4.69, 9.17) is 14.2 Å². The minimum absolute atomic E-state index is 0.201. The molecule has 6 nitrogen and oxygen atoms in total. The van der Waals surface area contributed by atoms with Gasteiger partial charge in [0.2, 0.25) is 11.8 Å². The fraction of sp³-hybridized carbons (Fsp3) is 0.474. The molecule has 4 heterocycles. The lowest BCUT2D eigenvalue weighted by atomic mass is 9.76. The first-order chi connectivity index (χ1) is 12.0. The Hall–Kier alpha value is -2.02. The lowest BCUT2D eigenvalue weighted by Crippen LogP contribution is -2.49. The quantitative estimate of drug-likeness (QED) is 0.602. The third kappa shape index (κ3) is 1.84. The highest BCUT2D eigenvalue weighted by Gasteiger charge is 2.71. The van der Waals surface area contributed by atoms with Crippen LogP contribution in [0.25, 0.3) is 0 Å². The third-order valence-corrected chi connectivity index (χ3v) is 5.82. The van der Waals surface area contributed by atoms with E-state index in [0.717, 1.165) is 11.1 Å². The van der Waals surface area contributed by atoms with E-state index >= 15 is 0 Å². The third-order valence-electron chi connectivity index (χ3n) is 5.82. The number of imide groups is 1. The highest BCUT2D eigenvalue weighted by atomic mass is 16.7. The minimum atomic E-state index is -0.993. The Kier molecular flexibility index (Phi) is 3.05. The number of rotatable bonds is 2. The first kappa shape index (κ1) is 15.3. The van der Waals surface area contributed by atoms with Crippen LogP contribution in [0.3, 0.4) is 0 Å². The van der Waals surface area contributed by atoms with Gasteiger partial charge in [0.05, 0.1) is 36.8 Å². The molecule has 3 saturated heterocycles. The Morgan fingerprint density at radius 1 is 1.08 bits per heavy atom. The molecule has 2 amide bonds. The van der Waals surface area contributed by atoms with Crippen LogP contribution in [0.15, 0.2) is 30.4 Å². The Morgan fingerprint density at radius 2 is 1.84 bits per heavy atom. The van der Waals surface area contributed by atoms with Crippen LogP contribution in [0.5, 0.6) is 0 Å². The zero-order valence-corrected chi connectivity index (χ0v) is 14.1. The summed E-state index contributed by atoms with van der Waals surface area (Å²) < 4.78 is 17.3. The van der Waals surface area contributed by atoms with Crippen LogP contribution in [-0.2, 0) is 23.8 Å². The standard InChI is InChI=1S/C19H19NO5/c1-10-3-4-12(9-11(10)2)20-16(21)14-13-5-6-19(25-13,15(14)17(20)22)18-23-7-8-24-18/h3-6,9,13-15,18H,7-8H2,1-2H3/t13-,14+,15+,19-/m1/s1. The van der Waals surface area contributed by atoms with Crippen molar-refractivity contribution in [3.8, 4) is 0 Å². The normalized spacial score (nSPS) is 36.7. The van der Waals surface area contributed by atoms with Crippen molar-refractivity contribution in [2.75, 3.05) is 18.1 Å². The highest BCUT2D eigenvalue weighted by molar-refractivity contribution is 6.23. The van der Waals surface area contributed by atoms with E-state index in [9.17, 15) is 9.59 Å². The van der Waals surface area contributed by atoms with E-state index in [-0.39, 0.29) is 11.8 Å². The van der Waals surface area contributed by atoms with Gasteiger partial charge in [-0.05, 0) is 43.2 Å². The SMILES string of the molecule is Cc1ccc(N2C(=O)[C@@H]3[C@@H](C2=O)[C@@]2(C4OCCO4)C=C[C@H]3O2)cc1C. The lowest BCUT2D eigenvalue weighted by Gasteiger charge is -2.32. The first-order valence-corrected chi connectivity index (χ1v) is 8.58. The Morgan fingerprint density at radius 3 is 2.56 bits per heavy atom. The van der Waals surface area contributed by atoms with Crippen LogP contribution < -0.4 is 4.90 Å². The summed E-state index contributed by atoms with van der Waals surface area (Å²) in [6, 6.07) is 5.64. The molecule has 1 aromatic carbocycles. The van der Waals surface area contributed by atoms with Crippen LogP contribution in [0.4, 0.5) is 5.69 Å². The average molecular weight is 341 g/mol. The molecule has 4 aliphatic rings. The van der Waals surface area contributed by atoms with Crippen molar-refractivity contribution >= 4 is 17.5 Å². The van der Waals surface area contributed by atoms with E-state index in [0.29, 0.717) is 18.9 Å². The summed E-state index contributed by atoms with van der Waals surface area (Å²) in [7, 11) is 0. The molecule has 4 aliphatic heterocycles. The molecule has 5 rings (SSSR count). The van der Waals surface area contributed by atoms with E-state index < -0.39 is 29.8 Å². The van der Waals surface area contributed by atoms with Gasteiger partial charge in [0.15, 0.2) is 11.9 Å². The Bertz CT molecular complexity index is 812. The summed E-state index contributed by atoms with van der Waals surface area (Å²) in [5.74, 6) is -1.54. The van der Waals surface area contributed by atoms with E-state index in [1.54, 1.807) is 0 Å². The van der Waals surface area contributed by atoms with Crippen molar-refractivity contribution in [2.24, 2.45) is 11.8 Å². The fourth-order valence-electron chi connectivity index (χ4n) is 4.45. The van der Waals surface area contributed by atoms with Gasteiger partial charge in [0.25, 0.3) is 0 Å². The highest BCUT2D eigenvalue weighted by Crippen LogP contribution is 2.55. The zero-order chi connectivity index (χ0) is 17.3. The van der Waals surface area contributed by atoms with Gasteiger partial charge in [0.1, 0.15) is 0 Å². The molecule has 0 spiro atoms. The van der Waals surface area contributed by atoms with E-state index in [2.05, 4.69) is 0 Å². The molecular formula is C19H19NO5. The number of aryl methyl sites for hydroxylation is 2. The summed E-state index contributed by atoms with van der Waals surface area (Å²) >= 11 is 0. The summed E-state index contributed by atoms with van der Waals surface area (Å²) in [6.45, 7) is 4.91. The maximum atomic E-state index is 13.2. The summed E-state index contributed by atoms with van der Waals surface area (Å²) in [5, 5.41) is 0. The first-order valence-electron chi connectivity index (χ1n) is 8.58. The van der Waals surface area contributed by atoms with Crippen LogP contribution in [0.1, 0.15) is 11.1 Å².